The first-order valence-corrected chi connectivity index (χ1v) is 7.98. The summed E-state index contributed by atoms with van der Waals surface area (Å²) in [5, 5.41) is 5.67. The Morgan fingerprint density at radius 1 is 1.45 bits per heavy atom. The predicted octanol–water partition coefficient (Wildman–Crippen LogP) is 0.0703. The van der Waals surface area contributed by atoms with Crippen LogP contribution < -0.4 is 15.4 Å². The molecule has 0 radical (unpaired) electrons. The fourth-order valence-electron chi connectivity index (χ4n) is 1.68. The van der Waals surface area contributed by atoms with Gasteiger partial charge in [-0.2, -0.15) is 0 Å². The minimum atomic E-state index is -3.76. The maximum Gasteiger partial charge on any atom is 0.244 e. The number of rotatable bonds is 7. The maximum absolute atomic E-state index is 12.2. The molecular formula is C12H18N4O3S. The Balaban J connectivity index is 2.03. The van der Waals surface area contributed by atoms with E-state index < -0.39 is 10.0 Å². The number of hydrogen-bond acceptors (Lipinski definition) is 5. The van der Waals surface area contributed by atoms with Crippen LogP contribution in [0.15, 0.2) is 23.4 Å². The zero-order valence-corrected chi connectivity index (χ0v) is 12.0. The molecule has 8 heteroatoms. The zero-order valence-electron chi connectivity index (χ0n) is 11.2. The molecule has 1 fully saturated rings. The molecule has 3 N–H and O–H groups in total. The van der Waals surface area contributed by atoms with Gasteiger partial charge in [0.05, 0.1) is 12.2 Å². The van der Waals surface area contributed by atoms with E-state index in [0.717, 1.165) is 12.8 Å². The molecule has 1 aromatic rings. The molecule has 1 aliphatic carbocycles. The van der Waals surface area contributed by atoms with Crippen LogP contribution in [0.3, 0.4) is 0 Å². The van der Waals surface area contributed by atoms with E-state index in [9.17, 15) is 13.2 Å². The lowest BCUT2D eigenvalue weighted by molar-refractivity contribution is -0.120. The van der Waals surface area contributed by atoms with Crippen molar-refractivity contribution in [1.29, 1.82) is 0 Å². The van der Waals surface area contributed by atoms with Gasteiger partial charge >= 0.3 is 0 Å². The van der Waals surface area contributed by atoms with Crippen molar-refractivity contribution in [2.75, 3.05) is 18.4 Å². The number of anilines is 1. The third-order valence-corrected chi connectivity index (χ3v) is 4.24. The molecule has 2 rings (SSSR count). The molecule has 0 unspecified atom stereocenters. The Morgan fingerprint density at radius 3 is 2.85 bits per heavy atom. The highest BCUT2D eigenvalue weighted by atomic mass is 32.2. The SMILES string of the molecule is CCNc1ccncc1S(=O)(=O)NCC(=O)NC1CC1. The summed E-state index contributed by atoms with van der Waals surface area (Å²) in [5.41, 5.74) is 0.470. The number of sulfonamides is 1. The third-order valence-electron chi connectivity index (χ3n) is 2.81. The normalized spacial score (nSPS) is 14.8. The van der Waals surface area contributed by atoms with Crippen LogP contribution >= 0.6 is 0 Å². The van der Waals surface area contributed by atoms with E-state index in [1.165, 1.54) is 12.4 Å². The van der Waals surface area contributed by atoms with E-state index in [-0.39, 0.29) is 23.4 Å². The van der Waals surface area contributed by atoms with Crippen LogP contribution in [-0.4, -0.2) is 38.4 Å². The van der Waals surface area contributed by atoms with Gasteiger partial charge in [0.15, 0.2) is 0 Å². The van der Waals surface area contributed by atoms with Gasteiger partial charge in [-0.1, -0.05) is 0 Å². The summed E-state index contributed by atoms with van der Waals surface area (Å²) in [4.78, 5) is 15.4. The first-order valence-electron chi connectivity index (χ1n) is 6.50. The summed E-state index contributed by atoms with van der Waals surface area (Å²) in [7, 11) is -3.76. The smallest absolute Gasteiger partial charge is 0.244 e. The molecule has 1 aliphatic rings. The highest BCUT2D eigenvalue weighted by Gasteiger charge is 2.24. The van der Waals surface area contributed by atoms with Crippen LogP contribution in [0.1, 0.15) is 19.8 Å². The van der Waals surface area contributed by atoms with E-state index in [2.05, 4.69) is 20.3 Å². The van der Waals surface area contributed by atoms with Crippen molar-refractivity contribution in [3.8, 4) is 0 Å². The number of carbonyl (C=O) groups is 1. The number of amides is 1. The van der Waals surface area contributed by atoms with Crippen molar-refractivity contribution in [3.63, 3.8) is 0 Å². The van der Waals surface area contributed by atoms with Gasteiger partial charge in [0.2, 0.25) is 15.9 Å². The summed E-state index contributed by atoms with van der Waals surface area (Å²) < 4.78 is 26.6. The summed E-state index contributed by atoms with van der Waals surface area (Å²) in [6, 6.07) is 1.80. The molecule has 20 heavy (non-hydrogen) atoms. The second-order valence-corrected chi connectivity index (χ2v) is 6.30. The van der Waals surface area contributed by atoms with Crippen molar-refractivity contribution in [1.82, 2.24) is 15.0 Å². The monoisotopic (exact) mass is 298 g/mol. The molecule has 0 aliphatic heterocycles. The highest BCUT2D eigenvalue weighted by Crippen LogP contribution is 2.19. The van der Waals surface area contributed by atoms with Gasteiger partial charge in [0.25, 0.3) is 0 Å². The van der Waals surface area contributed by atoms with E-state index in [1.54, 1.807) is 6.07 Å². The second kappa shape index (κ2) is 6.19. The van der Waals surface area contributed by atoms with Crippen LogP contribution in [0, 0.1) is 0 Å². The van der Waals surface area contributed by atoms with Crippen molar-refractivity contribution in [2.24, 2.45) is 0 Å². The Kier molecular flexibility index (Phi) is 4.56. The van der Waals surface area contributed by atoms with Crippen molar-refractivity contribution in [2.45, 2.75) is 30.7 Å². The standard InChI is InChI=1S/C12H18N4O3S/c1-2-14-10-5-6-13-7-11(10)20(18,19)15-8-12(17)16-9-3-4-9/h5-7,9,15H,2-4,8H2,1H3,(H,13,14)(H,16,17). The number of carbonyl (C=O) groups excluding carboxylic acids is 1. The first kappa shape index (κ1) is 14.7. The number of nitrogens with zero attached hydrogens (tertiary/aromatic N) is 1. The second-order valence-electron chi connectivity index (χ2n) is 4.57. The molecular weight excluding hydrogens is 280 g/mol. The average Bonchev–Trinajstić information content (AvgIpc) is 3.21. The Labute approximate surface area is 118 Å². The van der Waals surface area contributed by atoms with Crippen LogP contribution in [0.2, 0.25) is 0 Å². The van der Waals surface area contributed by atoms with E-state index >= 15 is 0 Å². The van der Waals surface area contributed by atoms with Crippen LogP contribution in [-0.2, 0) is 14.8 Å². The predicted molar refractivity (Wildman–Crippen MR) is 74.8 cm³/mol. The third kappa shape index (κ3) is 3.91. The van der Waals surface area contributed by atoms with Gasteiger partial charge in [-0.3, -0.25) is 9.78 Å². The van der Waals surface area contributed by atoms with Gasteiger partial charge in [-0.05, 0) is 25.8 Å². The number of pyridine rings is 1. The topological polar surface area (TPSA) is 100 Å². The quantitative estimate of drug-likeness (QED) is 0.661. The lowest BCUT2D eigenvalue weighted by atomic mass is 10.4. The maximum atomic E-state index is 12.2. The molecule has 0 atom stereocenters. The minimum Gasteiger partial charge on any atom is -0.384 e. The lowest BCUT2D eigenvalue weighted by Crippen LogP contribution is -2.38. The molecule has 0 aromatic carbocycles. The zero-order chi connectivity index (χ0) is 14.6. The largest absolute Gasteiger partial charge is 0.384 e. The molecule has 110 valence electrons. The van der Waals surface area contributed by atoms with Crippen LogP contribution in [0.5, 0.6) is 0 Å². The number of aromatic nitrogens is 1. The number of nitrogens with one attached hydrogen (secondary N) is 3. The van der Waals surface area contributed by atoms with Gasteiger partial charge in [0, 0.05) is 25.0 Å². The van der Waals surface area contributed by atoms with Gasteiger partial charge in [-0.15, -0.1) is 0 Å². The molecule has 0 bridgehead atoms. The summed E-state index contributed by atoms with van der Waals surface area (Å²) in [6.07, 6.45) is 4.70. The average molecular weight is 298 g/mol. The molecule has 1 heterocycles. The van der Waals surface area contributed by atoms with Gasteiger partial charge < -0.3 is 10.6 Å². The Bertz CT molecular complexity index is 584. The fraction of sp³-hybridized carbons (Fsp3) is 0.500. The van der Waals surface area contributed by atoms with Crippen LogP contribution in [0.4, 0.5) is 5.69 Å². The van der Waals surface area contributed by atoms with Crippen molar-refractivity contribution in [3.05, 3.63) is 18.5 Å². The Morgan fingerprint density at radius 2 is 2.20 bits per heavy atom. The molecule has 0 spiro atoms. The summed E-state index contributed by atoms with van der Waals surface area (Å²) in [5.74, 6) is -0.315. The first-order chi connectivity index (χ1) is 9.53. The van der Waals surface area contributed by atoms with Crippen LogP contribution in [0.25, 0.3) is 0 Å². The lowest BCUT2D eigenvalue weighted by Gasteiger charge is -2.11. The molecule has 1 saturated carbocycles. The van der Waals surface area contributed by atoms with Gasteiger partial charge in [0.1, 0.15) is 4.90 Å². The van der Waals surface area contributed by atoms with Crippen molar-refractivity contribution >= 4 is 21.6 Å². The van der Waals surface area contributed by atoms with Gasteiger partial charge in [-0.25, -0.2) is 13.1 Å². The van der Waals surface area contributed by atoms with E-state index in [1.807, 2.05) is 6.92 Å². The summed E-state index contributed by atoms with van der Waals surface area (Å²) >= 11 is 0. The van der Waals surface area contributed by atoms with Crippen molar-refractivity contribution < 1.29 is 13.2 Å². The molecule has 1 aromatic heterocycles. The molecule has 0 saturated heterocycles. The van der Waals surface area contributed by atoms with E-state index in [0.29, 0.717) is 12.2 Å². The minimum absolute atomic E-state index is 0.0427. The molecule has 1 amide bonds. The molecule has 7 nitrogen and oxygen atoms in total. The Hall–Kier alpha value is -1.67. The van der Waals surface area contributed by atoms with E-state index in [4.69, 9.17) is 0 Å². The fourth-order valence-corrected chi connectivity index (χ4v) is 2.78. The highest BCUT2D eigenvalue weighted by molar-refractivity contribution is 7.89. The number of hydrogen-bond donors (Lipinski definition) is 3. The summed E-state index contributed by atoms with van der Waals surface area (Å²) in [6.45, 7) is 2.20.